The topological polar surface area (TPSA) is 79.0 Å². The maximum absolute atomic E-state index is 12.5. The number of carbonyl (C=O) groups excluding carboxylic acids is 1. The fourth-order valence-corrected chi connectivity index (χ4v) is 3.12. The van der Waals surface area contributed by atoms with E-state index in [9.17, 15) is 9.59 Å². The summed E-state index contributed by atoms with van der Waals surface area (Å²) in [4.78, 5) is 30.6. The van der Waals surface area contributed by atoms with Gasteiger partial charge in [-0.25, -0.2) is 4.98 Å². The van der Waals surface area contributed by atoms with Gasteiger partial charge >= 0.3 is 0 Å². The minimum Gasteiger partial charge on any atom is -0.344 e. The average Bonchev–Trinajstić information content (AvgIpc) is 2.57. The van der Waals surface area contributed by atoms with Crippen LogP contribution in [0.2, 0.25) is 0 Å². The first-order valence-electron chi connectivity index (χ1n) is 7.31. The third-order valence-corrected chi connectivity index (χ3v) is 4.41. The van der Waals surface area contributed by atoms with E-state index >= 15 is 0 Å². The van der Waals surface area contributed by atoms with Gasteiger partial charge in [-0.05, 0) is 19.1 Å². The van der Waals surface area contributed by atoms with Gasteiger partial charge in [-0.1, -0.05) is 23.9 Å². The Labute approximate surface area is 138 Å². The maximum Gasteiger partial charge on any atom is 0.262 e. The van der Waals surface area contributed by atoms with Crippen LogP contribution in [0.5, 0.6) is 0 Å². The number of para-hydroxylation sites is 1. The number of rotatable bonds is 6. The first-order valence-corrected chi connectivity index (χ1v) is 8.30. The summed E-state index contributed by atoms with van der Waals surface area (Å²) < 4.78 is 1.58. The van der Waals surface area contributed by atoms with Crippen molar-refractivity contribution in [1.82, 2.24) is 14.5 Å². The number of hydrogen-bond acceptors (Lipinski definition) is 5. The molecule has 0 saturated carbocycles. The molecule has 0 radical (unpaired) electrons. The van der Waals surface area contributed by atoms with E-state index in [0.717, 1.165) is 0 Å². The van der Waals surface area contributed by atoms with Gasteiger partial charge in [0.2, 0.25) is 5.91 Å². The van der Waals surface area contributed by atoms with Gasteiger partial charge in [-0.3, -0.25) is 14.2 Å². The molecule has 120 valence electrons. The Morgan fingerprint density at radius 2 is 2.17 bits per heavy atom. The Bertz CT molecular complexity index is 810. The number of nitriles is 1. The maximum atomic E-state index is 12.5. The van der Waals surface area contributed by atoms with E-state index in [1.807, 2.05) is 25.1 Å². The molecule has 0 unspecified atom stereocenters. The second kappa shape index (κ2) is 7.79. The molecule has 23 heavy (non-hydrogen) atoms. The number of nitrogens with zero attached hydrogens (tertiary/aromatic N) is 4. The zero-order valence-electron chi connectivity index (χ0n) is 13.2. The highest BCUT2D eigenvalue weighted by Gasteiger charge is 2.14. The summed E-state index contributed by atoms with van der Waals surface area (Å²) >= 11 is 1.25. The summed E-state index contributed by atoms with van der Waals surface area (Å²) in [6.45, 7) is 2.78. The monoisotopic (exact) mass is 330 g/mol. The molecule has 1 heterocycles. The van der Waals surface area contributed by atoms with Crippen LogP contribution in [-0.2, 0) is 11.3 Å². The van der Waals surface area contributed by atoms with Gasteiger partial charge < -0.3 is 4.90 Å². The molecular formula is C16H18N4O2S. The molecule has 0 bridgehead atoms. The van der Waals surface area contributed by atoms with Gasteiger partial charge in [-0.15, -0.1) is 0 Å². The summed E-state index contributed by atoms with van der Waals surface area (Å²) in [7, 11) is 1.67. The van der Waals surface area contributed by atoms with E-state index in [0.29, 0.717) is 35.6 Å². The van der Waals surface area contributed by atoms with Crippen LogP contribution >= 0.6 is 11.8 Å². The fraction of sp³-hybridized carbons (Fsp3) is 0.375. The first-order chi connectivity index (χ1) is 11.1. The SMILES string of the molecule is CCn1c(SCC(=O)N(C)CCC#N)nc2ccccc2c1=O. The second-order valence-corrected chi connectivity index (χ2v) is 5.92. The minimum atomic E-state index is -0.0918. The van der Waals surface area contributed by atoms with Crippen molar-refractivity contribution in [3.8, 4) is 6.07 Å². The summed E-state index contributed by atoms with van der Waals surface area (Å²) in [6, 6.07) is 9.21. The molecule has 2 aromatic rings. The minimum absolute atomic E-state index is 0.0877. The molecular weight excluding hydrogens is 312 g/mol. The highest BCUT2D eigenvalue weighted by atomic mass is 32.2. The van der Waals surface area contributed by atoms with Crippen LogP contribution in [-0.4, -0.2) is 39.7 Å². The van der Waals surface area contributed by atoms with Gasteiger partial charge in [0.25, 0.3) is 5.56 Å². The number of thioether (sulfide) groups is 1. The summed E-state index contributed by atoms with van der Waals surface area (Å²) in [5, 5.41) is 9.68. The molecule has 6 nitrogen and oxygen atoms in total. The second-order valence-electron chi connectivity index (χ2n) is 4.97. The quantitative estimate of drug-likeness (QED) is 0.597. The summed E-state index contributed by atoms with van der Waals surface area (Å²) in [5.74, 6) is 0.0995. The van der Waals surface area contributed by atoms with E-state index in [4.69, 9.17) is 5.26 Å². The smallest absolute Gasteiger partial charge is 0.262 e. The van der Waals surface area contributed by atoms with E-state index in [2.05, 4.69) is 4.98 Å². The third kappa shape index (κ3) is 3.90. The molecule has 0 aliphatic heterocycles. The lowest BCUT2D eigenvalue weighted by Gasteiger charge is -2.16. The van der Waals surface area contributed by atoms with Crippen LogP contribution in [0, 0.1) is 11.3 Å². The predicted octanol–water partition coefficient (Wildman–Crippen LogP) is 1.88. The Kier molecular flexibility index (Phi) is 5.77. The van der Waals surface area contributed by atoms with Crippen molar-refractivity contribution in [2.75, 3.05) is 19.3 Å². The standard InChI is InChI=1S/C16H18N4O2S/c1-3-20-15(22)12-7-4-5-8-13(12)18-16(20)23-11-14(21)19(2)10-6-9-17/h4-5,7-8H,3,6,10-11H2,1-2H3. The lowest BCUT2D eigenvalue weighted by Crippen LogP contribution is -2.29. The lowest BCUT2D eigenvalue weighted by atomic mass is 10.2. The van der Waals surface area contributed by atoms with Gasteiger partial charge in [0, 0.05) is 20.1 Å². The lowest BCUT2D eigenvalue weighted by molar-refractivity contribution is -0.127. The molecule has 0 spiro atoms. The number of amides is 1. The molecule has 0 saturated heterocycles. The number of benzene rings is 1. The van der Waals surface area contributed by atoms with E-state index in [-0.39, 0.29) is 17.2 Å². The molecule has 0 fully saturated rings. The van der Waals surface area contributed by atoms with E-state index in [1.165, 1.54) is 16.7 Å². The van der Waals surface area contributed by atoms with Crippen LogP contribution in [0.4, 0.5) is 0 Å². The fourth-order valence-electron chi connectivity index (χ4n) is 2.12. The molecule has 1 aromatic heterocycles. The summed E-state index contributed by atoms with van der Waals surface area (Å²) in [6.07, 6.45) is 0.306. The van der Waals surface area contributed by atoms with Crippen LogP contribution in [0.15, 0.2) is 34.2 Å². The van der Waals surface area contributed by atoms with Gasteiger partial charge in [0.15, 0.2) is 5.16 Å². The van der Waals surface area contributed by atoms with Crippen molar-refractivity contribution in [1.29, 1.82) is 5.26 Å². The number of fused-ring (bicyclic) bond motifs is 1. The molecule has 0 N–H and O–H groups in total. The first kappa shape index (κ1) is 17.0. The van der Waals surface area contributed by atoms with Crippen molar-refractivity contribution < 1.29 is 4.79 Å². The Hall–Kier alpha value is -2.33. The van der Waals surface area contributed by atoms with Crippen molar-refractivity contribution >= 4 is 28.6 Å². The van der Waals surface area contributed by atoms with Crippen molar-refractivity contribution in [3.05, 3.63) is 34.6 Å². The number of carbonyl (C=O) groups is 1. The van der Waals surface area contributed by atoms with E-state index in [1.54, 1.807) is 23.7 Å². The molecule has 7 heteroatoms. The molecule has 2 rings (SSSR count). The normalized spacial score (nSPS) is 10.5. The van der Waals surface area contributed by atoms with Gasteiger partial charge in [0.05, 0.1) is 29.1 Å². The third-order valence-electron chi connectivity index (χ3n) is 3.45. The Morgan fingerprint density at radius 3 is 2.87 bits per heavy atom. The molecule has 1 amide bonds. The zero-order chi connectivity index (χ0) is 16.8. The van der Waals surface area contributed by atoms with Crippen LogP contribution in [0.1, 0.15) is 13.3 Å². The zero-order valence-corrected chi connectivity index (χ0v) is 14.0. The molecule has 0 aliphatic carbocycles. The molecule has 0 aliphatic rings. The molecule has 0 atom stereocenters. The Morgan fingerprint density at radius 1 is 1.43 bits per heavy atom. The number of aromatic nitrogens is 2. The molecule has 1 aromatic carbocycles. The van der Waals surface area contributed by atoms with Crippen LogP contribution in [0.25, 0.3) is 10.9 Å². The Balaban J connectivity index is 2.21. The van der Waals surface area contributed by atoms with Crippen molar-refractivity contribution in [3.63, 3.8) is 0 Å². The van der Waals surface area contributed by atoms with Crippen molar-refractivity contribution in [2.45, 2.75) is 25.0 Å². The predicted molar refractivity (Wildman–Crippen MR) is 90.3 cm³/mol. The average molecular weight is 330 g/mol. The summed E-state index contributed by atoms with van der Waals surface area (Å²) in [5.41, 5.74) is 0.542. The van der Waals surface area contributed by atoms with E-state index < -0.39 is 0 Å². The largest absolute Gasteiger partial charge is 0.344 e. The van der Waals surface area contributed by atoms with Crippen molar-refractivity contribution in [2.24, 2.45) is 0 Å². The van der Waals surface area contributed by atoms with Crippen LogP contribution in [0.3, 0.4) is 0 Å². The van der Waals surface area contributed by atoms with Crippen LogP contribution < -0.4 is 5.56 Å². The highest BCUT2D eigenvalue weighted by Crippen LogP contribution is 2.18. The van der Waals surface area contributed by atoms with Gasteiger partial charge in [-0.2, -0.15) is 5.26 Å². The number of hydrogen-bond donors (Lipinski definition) is 0. The van der Waals surface area contributed by atoms with Gasteiger partial charge in [0.1, 0.15) is 0 Å². The highest BCUT2D eigenvalue weighted by molar-refractivity contribution is 7.99.